The van der Waals surface area contributed by atoms with Crippen molar-refractivity contribution in [3.05, 3.63) is 35.4 Å². The molecular weight excluding hydrogens is 225 g/mol. The van der Waals surface area contributed by atoms with Gasteiger partial charge < -0.3 is 9.84 Å². The van der Waals surface area contributed by atoms with Gasteiger partial charge in [0.05, 0.1) is 12.7 Å². The molecule has 0 aliphatic heterocycles. The third kappa shape index (κ3) is 2.73. The number of carbonyl (C=O) groups excluding carboxylic acids is 1. The average molecular weight is 234 g/mol. The summed E-state index contributed by atoms with van der Waals surface area (Å²) < 4.78 is 41.2. The van der Waals surface area contributed by atoms with Crippen molar-refractivity contribution in [2.45, 2.75) is 12.3 Å². The molecule has 16 heavy (non-hydrogen) atoms. The molecular formula is C10H9F3O3. The van der Waals surface area contributed by atoms with E-state index in [1.54, 1.807) is 0 Å². The minimum atomic E-state index is -4.51. The Morgan fingerprint density at radius 3 is 2.56 bits per heavy atom. The molecule has 88 valence electrons. The van der Waals surface area contributed by atoms with E-state index >= 15 is 0 Å². The molecule has 0 heterocycles. The van der Waals surface area contributed by atoms with Crippen LogP contribution in [0.3, 0.4) is 0 Å². The zero-order valence-electron chi connectivity index (χ0n) is 8.28. The van der Waals surface area contributed by atoms with E-state index in [-0.39, 0.29) is 5.56 Å². The van der Waals surface area contributed by atoms with E-state index in [1.807, 2.05) is 0 Å². The second kappa shape index (κ2) is 4.52. The van der Waals surface area contributed by atoms with Crippen LogP contribution in [0.4, 0.5) is 13.2 Å². The number of ether oxygens (including phenoxy) is 1. The third-order valence-electron chi connectivity index (χ3n) is 1.95. The van der Waals surface area contributed by atoms with E-state index in [0.717, 1.165) is 19.2 Å². The Balaban J connectivity index is 3.04. The molecule has 1 rings (SSSR count). The minimum absolute atomic E-state index is 0.151. The highest BCUT2D eigenvalue weighted by molar-refractivity contribution is 5.76. The summed E-state index contributed by atoms with van der Waals surface area (Å²) in [6.45, 7) is 0. The number of rotatable bonds is 2. The van der Waals surface area contributed by atoms with E-state index in [2.05, 4.69) is 4.74 Å². The molecule has 0 spiro atoms. The lowest BCUT2D eigenvalue weighted by Gasteiger charge is -2.11. The standard InChI is InChI=1S/C10H9F3O3/c1-16-9(15)8(14)6-3-2-4-7(5-6)10(11,12)13/h2-5,8,14H,1H3/t8-/m0/s1. The Labute approximate surface area is 89.5 Å². The number of alkyl halides is 3. The van der Waals surface area contributed by atoms with Crippen LogP contribution < -0.4 is 0 Å². The summed E-state index contributed by atoms with van der Waals surface area (Å²) in [6, 6.07) is 3.90. The molecule has 1 aromatic rings. The van der Waals surface area contributed by atoms with E-state index in [1.165, 1.54) is 6.07 Å². The van der Waals surface area contributed by atoms with Crippen molar-refractivity contribution < 1.29 is 27.8 Å². The van der Waals surface area contributed by atoms with Crippen molar-refractivity contribution in [2.24, 2.45) is 0 Å². The zero-order chi connectivity index (χ0) is 12.3. The molecule has 3 nitrogen and oxygen atoms in total. The first kappa shape index (κ1) is 12.5. The summed E-state index contributed by atoms with van der Waals surface area (Å²) in [7, 11) is 1.04. The van der Waals surface area contributed by atoms with Crippen molar-refractivity contribution in [1.82, 2.24) is 0 Å². The summed E-state index contributed by atoms with van der Waals surface area (Å²) in [6.07, 6.45) is -6.21. The second-order valence-corrected chi connectivity index (χ2v) is 3.05. The Morgan fingerprint density at radius 1 is 1.44 bits per heavy atom. The molecule has 0 unspecified atom stereocenters. The summed E-state index contributed by atoms with van der Waals surface area (Å²) in [5.41, 5.74) is -1.07. The molecule has 0 saturated heterocycles. The highest BCUT2D eigenvalue weighted by Gasteiger charge is 2.31. The number of benzene rings is 1. The Hall–Kier alpha value is -1.56. The lowest BCUT2D eigenvalue weighted by molar-refractivity contribution is -0.151. The molecule has 0 aromatic heterocycles. The third-order valence-corrected chi connectivity index (χ3v) is 1.95. The molecule has 1 atom stereocenters. The Bertz CT molecular complexity index is 387. The maximum absolute atomic E-state index is 12.3. The van der Waals surface area contributed by atoms with Crippen molar-refractivity contribution >= 4 is 5.97 Å². The van der Waals surface area contributed by atoms with Crippen LogP contribution in [-0.4, -0.2) is 18.2 Å². The first-order chi connectivity index (χ1) is 7.36. The summed E-state index contributed by atoms with van der Waals surface area (Å²) in [4.78, 5) is 10.9. The van der Waals surface area contributed by atoms with Crippen LogP contribution in [0.2, 0.25) is 0 Å². The fourth-order valence-corrected chi connectivity index (χ4v) is 1.13. The van der Waals surface area contributed by atoms with Crippen molar-refractivity contribution in [3.8, 4) is 0 Å². The van der Waals surface area contributed by atoms with Gasteiger partial charge in [-0.15, -0.1) is 0 Å². The number of methoxy groups -OCH3 is 1. The van der Waals surface area contributed by atoms with E-state index < -0.39 is 23.8 Å². The topological polar surface area (TPSA) is 46.5 Å². The Morgan fingerprint density at radius 2 is 2.06 bits per heavy atom. The van der Waals surface area contributed by atoms with Crippen LogP contribution in [0.1, 0.15) is 17.2 Å². The van der Waals surface area contributed by atoms with Gasteiger partial charge in [-0.2, -0.15) is 13.2 Å². The number of carbonyl (C=O) groups is 1. The predicted octanol–water partition coefficient (Wildman–Crippen LogP) is 1.91. The van der Waals surface area contributed by atoms with Gasteiger partial charge in [0, 0.05) is 0 Å². The first-order valence-electron chi connectivity index (χ1n) is 4.29. The molecule has 0 bridgehead atoms. The van der Waals surface area contributed by atoms with Gasteiger partial charge in [-0.25, -0.2) is 4.79 Å². The van der Waals surface area contributed by atoms with Crippen LogP contribution in [0, 0.1) is 0 Å². The normalized spacial score (nSPS) is 13.3. The van der Waals surface area contributed by atoms with Gasteiger partial charge in [0.1, 0.15) is 0 Å². The molecule has 0 aliphatic rings. The van der Waals surface area contributed by atoms with Gasteiger partial charge in [0.25, 0.3) is 0 Å². The maximum Gasteiger partial charge on any atom is 0.416 e. The summed E-state index contributed by atoms with van der Waals surface area (Å²) >= 11 is 0. The van der Waals surface area contributed by atoms with Crippen molar-refractivity contribution in [1.29, 1.82) is 0 Å². The van der Waals surface area contributed by atoms with Gasteiger partial charge in [0.2, 0.25) is 0 Å². The maximum atomic E-state index is 12.3. The largest absolute Gasteiger partial charge is 0.467 e. The van der Waals surface area contributed by atoms with E-state index in [0.29, 0.717) is 6.07 Å². The molecule has 0 radical (unpaired) electrons. The van der Waals surface area contributed by atoms with Crippen LogP contribution >= 0.6 is 0 Å². The van der Waals surface area contributed by atoms with Crippen LogP contribution in [0.25, 0.3) is 0 Å². The van der Waals surface area contributed by atoms with Crippen molar-refractivity contribution in [3.63, 3.8) is 0 Å². The summed E-state index contributed by atoms with van der Waals surface area (Å²) in [5.74, 6) is -1.00. The number of hydrogen-bond acceptors (Lipinski definition) is 3. The van der Waals surface area contributed by atoms with Crippen LogP contribution in [0.5, 0.6) is 0 Å². The highest BCUT2D eigenvalue weighted by Crippen LogP contribution is 2.30. The van der Waals surface area contributed by atoms with Crippen LogP contribution in [0.15, 0.2) is 24.3 Å². The molecule has 6 heteroatoms. The molecule has 0 amide bonds. The van der Waals surface area contributed by atoms with Gasteiger partial charge in [-0.1, -0.05) is 12.1 Å². The number of aliphatic hydroxyl groups is 1. The number of hydrogen-bond donors (Lipinski definition) is 1. The molecule has 0 saturated carbocycles. The fourth-order valence-electron chi connectivity index (χ4n) is 1.13. The zero-order valence-corrected chi connectivity index (χ0v) is 8.28. The lowest BCUT2D eigenvalue weighted by Crippen LogP contribution is -2.14. The minimum Gasteiger partial charge on any atom is -0.467 e. The number of halogens is 3. The molecule has 0 aliphatic carbocycles. The first-order valence-corrected chi connectivity index (χ1v) is 4.29. The fraction of sp³-hybridized carbons (Fsp3) is 0.300. The quantitative estimate of drug-likeness (QED) is 0.795. The van der Waals surface area contributed by atoms with E-state index in [9.17, 15) is 23.1 Å². The van der Waals surface area contributed by atoms with Crippen molar-refractivity contribution in [2.75, 3.05) is 7.11 Å². The van der Waals surface area contributed by atoms with Crippen LogP contribution in [-0.2, 0) is 15.7 Å². The predicted molar refractivity (Wildman–Crippen MR) is 48.4 cm³/mol. The van der Waals surface area contributed by atoms with Gasteiger partial charge in [-0.3, -0.25) is 0 Å². The molecule has 1 aromatic carbocycles. The highest BCUT2D eigenvalue weighted by atomic mass is 19.4. The monoisotopic (exact) mass is 234 g/mol. The summed E-state index contributed by atoms with van der Waals surface area (Å²) in [5, 5.41) is 9.34. The molecule has 1 N–H and O–H groups in total. The SMILES string of the molecule is COC(=O)[C@@H](O)c1cccc(C(F)(F)F)c1. The van der Waals surface area contributed by atoms with Gasteiger partial charge in [-0.05, 0) is 17.7 Å². The van der Waals surface area contributed by atoms with Gasteiger partial charge >= 0.3 is 12.1 Å². The van der Waals surface area contributed by atoms with Gasteiger partial charge in [0.15, 0.2) is 6.10 Å². The number of aliphatic hydroxyl groups excluding tert-OH is 1. The average Bonchev–Trinajstić information content (AvgIpc) is 2.26. The smallest absolute Gasteiger partial charge is 0.416 e. The molecule has 0 fully saturated rings. The number of esters is 1. The lowest BCUT2D eigenvalue weighted by atomic mass is 10.1. The second-order valence-electron chi connectivity index (χ2n) is 3.05. The van der Waals surface area contributed by atoms with E-state index in [4.69, 9.17) is 0 Å². The Kier molecular flexibility index (Phi) is 3.54.